The first-order chi connectivity index (χ1) is 15.8. The molecule has 1 aromatic carbocycles. The van der Waals surface area contributed by atoms with Crippen LogP contribution < -0.4 is 10.1 Å². The Balaban J connectivity index is 1.58. The molecular formula is C23H21F2N5O3. The summed E-state index contributed by atoms with van der Waals surface area (Å²) >= 11 is 0. The summed E-state index contributed by atoms with van der Waals surface area (Å²) in [6.07, 6.45) is 5.18. The summed E-state index contributed by atoms with van der Waals surface area (Å²) in [5, 5.41) is 10.8. The highest BCUT2D eigenvalue weighted by molar-refractivity contribution is 5.93. The molecule has 1 N–H and O–H groups in total. The van der Waals surface area contributed by atoms with Gasteiger partial charge in [-0.2, -0.15) is 5.10 Å². The minimum absolute atomic E-state index is 0.00345. The number of hydrogen-bond acceptors (Lipinski definition) is 6. The summed E-state index contributed by atoms with van der Waals surface area (Å²) < 4.78 is 39.3. The van der Waals surface area contributed by atoms with Gasteiger partial charge in [-0.3, -0.25) is 14.5 Å². The van der Waals surface area contributed by atoms with Gasteiger partial charge >= 0.3 is 0 Å². The number of aromatic nitrogens is 4. The number of rotatable bonds is 7. The summed E-state index contributed by atoms with van der Waals surface area (Å²) in [5.74, 6) is -1.41. The van der Waals surface area contributed by atoms with Crippen molar-refractivity contribution in [1.29, 1.82) is 0 Å². The lowest BCUT2D eigenvalue weighted by molar-refractivity contribution is 0.0938. The number of carbonyl (C=O) groups is 1. The van der Waals surface area contributed by atoms with E-state index in [-0.39, 0.29) is 23.6 Å². The van der Waals surface area contributed by atoms with Crippen LogP contribution in [0, 0.1) is 11.6 Å². The van der Waals surface area contributed by atoms with Gasteiger partial charge in [-0.25, -0.2) is 8.78 Å². The van der Waals surface area contributed by atoms with E-state index in [0.717, 1.165) is 17.7 Å². The van der Waals surface area contributed by atoms with Crippen molar-refractivity contribution in [3.8, 4) is 17.1 Å². The molecule has 1 atom stereocenters. The Bertz CT molecular complexity index is 1300. The van der Waals surface area contributed by atoms with E-state index < -0.39 is 23.0 Å². The number of nitrogens with zero attached hydrogens (tertiary/aromatic N) is 4. The van der Waals surface area contributed by atoms with Crippen molar-refractivity contribution in [1.82, 2.24) is 25.2 Å². The molecule has 1 unspecified atom stereocenters. The van der Waals surface area contributed by atoms with Gasteiger partial charge in [-0.15, -0.1) is 0 Å². The number of nitrogens with one attached hydrogen (secondary N) is 1. The fourth-order valence-corrected chi connectivity index (χ4v) is 3.43. The fourth-order valence-electron chi connectivity index (χ4n) is 3.43. The molecule has 10 heteroatoms. The molecule has 8 nitrogen and oxygen atoms in total. The van der Waals surface area contributed by atoms with E-state index in [9.17, 15) is 13.6 Å². The van der Waals surface area contributed by atoms with Crippen LogP contribution in [0.25, 0.3) is 11.3 Å². The zero-order chi connectivity index (χ0) is 23.6. The fraction of sp³-hybridized carbons (Fsp3) is 0.217. The zero-order valence-electron chi connectivity index (χ0n) is 18.2. The number of carbonyl (C=O) groups excluding carboxylic acids is 1. The molecule has 0 aliphatic heterocycles. The Morgan fingerprint density at radius 2 is 2.06 bits per heavy atom. The number of halogens is 2. The highest BCUT2D eigenvalue weighted by Gasteiger charge is 2.33. The smallest absolute Gasteiger partial charge is 0.273 e. The molecule has 3 aromatic heterocycles. The van der Waals surface area contributed by atoms with Crippen LogP contribution in [-0.2, 0) is 12.5 Å². The van der Waals surface area contributed by atoms with Gasteiger partial charge in [0.2, 0.25) is 0 Å². The summed E-state index contributed by atoms with van der Waals surface area (Å²) in [6.45, 7) is 2.08. The van der Waals surface area contributed by atoms with Crippen LogP contribution in [0.4, 0.5) is 8.78 Å². The van der Waals surface area contributed by atoms with E-state index in [1.165, 1.54) is 12.1 Å². The third-order valence-electron chi connectivity index (χ3n) is 5.42. The maximum absolute atomic E-state index is 14.0. The van der Waals surface area contributed by atoms with Gasteiger partial charge in [0.15, 0.2) is 11.5 Å². The largest absolute Gasteiger partial charge is 0.497 e. The third kappa shape index (κ3) is 4.45. The Morgan fingerprint density at radius 1 is 1.24 bits per heavy atom. The number of amides is 1. The Kier molecular flexibility index (Phi) is 5.91. The first kappa shape index (κ1) is 22.1. The van der Waals surface area contributed by atoms with E-state index in [2.05, 4.69) is 20.6 Å². The molecule has 0 spiro atoms. The van der Waals surface area contributed by atoms with E-state index in [1.807, 2.05) is 13.1 Å². The first-order valence-electron chi connectivity index (χ1n) is 10.00. The van der Waals surface area contributed by atoms with E-state index in [4.69, 9.17) is 9.26 Å². The van der Waals surface area contributed by atoms with Gasteiger partial charge in [0.05, 0.1) is 30.0 Å². The zero-order valence-corrected chi connectivity index (χ0v) is 18.2. The van der Waals surface area contributed by atoms with Crippen LogP contribution >= 0.6 is 0 Å². The van der Waals surface area contributed by atoms with E-state index in [1.54, 1.807) is 43.4 Å². The number of ether oxygens (including phenoxy) is 1. The highest BCUT2D eigenvalue weighted by atomic mass is 19.1. The normalized spacial score (nSPS) is 12.9. The number of pyridine rings is 1. The summed E-state index contributed by atoms with van der Waals surface area (Å²) in [6, 6.07) is 7.89. The lowest BCUT2D eigenvalue weighted by atomic mass is 9.80. The average molecular weight is 453 g/mol. The van der Waals surface area contributed by atoms with Crippen LogP contribution in [0.3, 0.4) is 0 Å². The second kappa shape index (κ2) is 8.81. The van der Waals surface area contributed by atoms with Crippen molar-refractivity contribution < 1.29 is 22.8 Å². The van der Waals surface area contributed by atoms with Crippen molar-refractivity contribution in [2.45, 2.75) is 12.3 Å². The molecule has 0 fully saturated rings. The molecule has 0 saturated heterocycles. The van der Waals surface area contributed by atoms with Gasteiger partial charge < -0.3 is 14.6 Å². The maximum atomic E-state index is 14.0. The van der Waals surface area contributed by atoms with Crippen molar-refractivity contribution in [3.05, 3.63) is 83.6 Å². The molecule has 33 heavy (non-hydrogen) atoms. The molecule has 1 amide bonds. The molecule has 0 saturated carbocycles. The standard InChI is InChI=1S/C23H21F2N5O3/c1-23(14-11-28-30(2)12-14,21-9-16(32-3)6-7-26-21)13-27-22(31)19-10-20(33-29-19)17-5-4-15(24)8-18(17)25/h4-12H,13H2,1-3H3,(H,27,31). The second-order valence-electron chi connectivity index (χ2n) is 7.70. The molecule has 0 radical (unpaired) electrons. The minimum Gasteiger partial charge on any atom is -0.497 e. The number of benzene rings is 1. The lowest BCUT2D eigenvalue weighted by Crippen LogP contribution is -2.40. The quantitative estimate of drug-likeness (QED) is 0.460. The number of methoxy groups -OCH3 is 1. The molecule has 4 rings (SSSR count). The Hall–Kier alpha value is -4.08. The lowest BCUT2D eigenvalue weighted by Gasteiger charge is -2.28. The van der Waals surface area contributed by atoms with Crippen LogP contribution in [0.5, 0.6) is 5.75 Å². The molecule has 0 aliphatic rings. The van der Waals surface area contributed by atoms with Crippen molar-refractivity contribution in [3.63, 3.8) is 0 Å². The molecule has 0 bridgehead atoms. The first-order valence-corrected chi connectivity index (χ1v) is 10.00. The SMILES string of the molecule is COc1ccnc(C(C)(CNC(=O)c2cc(-c3ccc(F)cc3F)on2)c2cnn(C)c2)c1. The molecule has 4 aromatic rings. The van der Waals surface area contributed by atoms with Gasteiger partial charge in [0.25, 0.3) is 5.91 Å². The maximum Gasteiger partial charge on any atom is 0.273 e. The van der Waals surface area contributed by atoms with Crippen LogP contribution in [0.1, 0.15) is 28.7 Å². The highest BCUT2D eigenvalue weighted by Crippen LogP contribution is 2.32. The Morgan fingerprint density at radius 3 is 2.76 bits per heavy atom. The molecule has 3 heterocycles. The predicted octanol–water partition coefficient (Wildman–Crippen LogP) is 3.49. The van der Waals surface area contributed by atoms with Gasteiger partial charge in [-0.05, 0) is 25.1 Å². The minimum atomic E-state index is -0.814. The molecule has 170 valence electrons. The van der Waals surface area contributed by atoms with Gasteiger partial charge in [0, 0.05) is 49.7 Å². The van der Waals surface area contributed by atoms with Crippen LogP contribution in [0.15, 0.2) is 59.5 Å². The van der Waals surface area contributed by atoms with Crippen molar-refractivity contribution in [2.75, 3.05) is 13.7 Å². The molecule has 0 aliphatic carbocycles. The van der Waals surface area contributed by atoms with Crippen molar-refractivity contribution in [2.24, 2.45) is 7.05 Å². The van der Waals surface area contributed by atoms with Crippen LogP contribution in [0.2, 0.25) is 0 Å². The second-order valence-corrected chi connectivity index (χ2v) is 7.70. The third-order valence-corrected chi connectivity index (χ3v) is 5.42. The monoisotopic (exact) mass is 453 g/mol. The van der Waals surface area contributed by atoms with Crippen LogP contribution in [-0.4, -0.2) is 39.5 Å². The summed E-state index contributed by atoms with van der Waals surface area (Å²) in [5.41, 5.74) is 0.725. The predicted molar refractivity (Wildman–Crippen MR) is 115 cm³/mol. The van der Waals surface area contributed by atoms with E-state index in [0.29, 0.717) is 11.4 Å². The summed E-state index contributed by atoms with van der Waals surface area (Å²) in [7, 11) is 3.36. The topological polar surface area (TPSA) is 95.1 Å². The van der Waals surface area contributed by atoms with Crippen molar-refractivity contribution >= 4 is 5.91 Å². The Labute approximate surface area is 188 Å². The summed E-state index contributed by atoms with van der Waals surface area (Å²) in [4.78, 5) is 17.3. The van der Waals surface area contributed by atoms with Gasteiger partial charge in [0.1, 0.15) is 17.4 Å². The van der Waals surface area contributed by atoms with E-state index >= 15 is 0 Å². The number of aryl methyl sites for hydroxylation is 1. The van der Waals surface area contributed by atoms with Gasteiger partial charge in [-0.1, -0.05) is 5.16 Å². The molecular weight excluding hydrogens is 432 g/mol. The number of hydrogen-bond donors (Lipinski definition) is 1. The average Bonchev–Trinajstić information content (AvgIpc) is 3.47.